The molecule has 2 aromatic rings. The SMILES string of the molecule is CNC(=O)CN1c2ccccc2C(=O)N(C)C1c1csc(C)n1. The molecule has 0 fully saturated rings. The third-order valence-corrected chi connectivity index (χ3v) is 4.71. The number of aromatic nitrogens is 1. The van der Waals surface area contributed by atoms with Gasteiger partial charge in [0.1, 0.15) is 6.17 Å². The largest absolute Gasteiger partial charge is 0.358 e. The van der Waals surface area contributed by atoms with E-state index in [0.717, 1.165) is 16.4 Å². The Morgan fingerprint density at radius 1 is 1.39 bits per heavy atom. The molecule has 0 radical (unpaired) electrons. The van der Waals surface area contributed by atoms with Crippen molar-refractivity contribution in [2.24, 2.45) is 0 Å². The van der Waals surface area contributed by atoms with Crippen LogP contribution in [0.15, 0.2) is 29.6 Å². The van der Waals surface area contributed by atoms with Gasteiger partial charge < -0.3 is 15.1 Å². The van der Waals surface area contributed by atoms with Gasteiger partial charge in [0.15, 0.2) is 0 Å². The fourth-order valence-electron chi connectivity index (χ4n) is 2.81. The predicted molar refractivity (Wildman–Crippen MR) is 89.5 cm³/mol. The molecule has 0 aliphatic carbocycles. The number of nitrogens with one attached hydrogen (secondary N) is 1. The summed E-state index contributed by atoms with van der Waals surface area (Å²) in [5.74, 6) is -0.177. The van der Waals surface area contributed by atoms with Gasteiger partial charge in [0, 0.05) is 19.5 Å². The Hall–Kier alpha value is -2.41. The van der Waals surface area contributed by atoms with Crippen LogP contribution in [0.2, 0.25) is 0 Å². The van der Waals surface area contributed by atoms with Crippen molar-refractivity contribution in [2.75, 3.05) is 25.5 Å². The number of anilines is 1. The summed E-state index contributed by atoms with van der Waals surface area (Å²) in [6, 6.07) is 7.36. The maximum Gasteiger partial charge on any atom is 0.257 e. The molecule has 1 aromatic heterocycles. The highest BCUT2D eigenvalue weighted by molar-refractivity contribution is 7.09. The van der Waals surface area contributed by atoms with E-state index in [1.54, 1.807) is 25.1 Å². The quantitative estimate of drug-likeness (QED) is 0.932. The van der Waals surface area contributed by atoms with Crippen LogP contribution in [0.1, 0.15) is 27.2 Å². The second-order valence-corrected chi connectivity index (χ2v) is 6.46. The van der Waals surface area contributed by atoms with E-state index in [4.69, 9.17) is 0 Å². The zero-order valence-electron chi connectivity index (χ0n) is 13.2. The van der Waals surface area contributed by atoms with Crippen LogP contribution in [0.5, 0.6) is 0 Å². The van der Waals surface area contributed by atoms with Crippen molar-refractivity contribution in [1.82, 2.24) is 15.2 Å². The third kappa shape index (κ3) is 2.68. The number of nitrogens with zero attached hydrogens (tertiary/aromatic N) is 3. The monoisotopic (exact) mass is 330 g/mol. The number of aryl methyl sites for hydroxylation is 1. The lowest BCUT2D eigenvalue weighted by molar-refractivity contribution is -0.119. The molecule has 1 unspecified atom stereocenters. The summed E-state index contributed by atoms with van der Waals surface area (Å²) in [6.07, 6.45) is -0.389. The minimum absolute atomic E-state index is 0.0654. The van der Waals surface area contributed by atoms with Crippen molar-refractivity contribution in [3.8, 4) is 0 Å². The molecule has 0 saturated carbocycles. The zero-order valence-corrected chi connectivity index (χ0v) is 14.1. The van der Waals surface area contributed by atoms with E-state index in [1.165, 1.54) is 11.3 Å². The van der Waals surface area contributed by atoms with Crippen molar-refractivity contribution in [2.45, 2.75) is 13.1 Å². The summed E-state index contributed by atoms with van der Waals surface area (Å²) < 4.78 is 0. The van der Waals surface area contributed by atoms with Gasteiger partial charge >= 0.3 is 0 Å². The van der Waals surface area contributed by atoms with Crippen LogP contribution >= 0.6 is 11.3 Å². The molecular weight excluding hydrogens is 312 g/mol. The second-order valence-electron chi connectivity index (χ2n) is 5.40. The molecule has 120 valence electrons. The Morgan fingerprint density at radius 3 is 2.78 bits per heavy atom. The number of rotatable bonds is 3. The highest BCUT2D eigenvalue weighted by Crippen LogP contribution is 2.37. The van der Waals surface area contributed by atoms with Gasteiger partial charge in [-0.3, -0.25) is 9.59 Å². The molecule has 0 saturated heterocycles. The Labute approximate surface area is 138 Å². The third-order valence-electron chi connectivity index (χ3n) is 3.92. The molecule has 7 heteroatoms. The number of benzene rings is 1. The summed E-state index contributed by atoms with van der Waals surface area (Å²) in [7, 11) is 3.35. The van der Waals surface area contributed by atoms with Crippen molar-refractivity contribution in [3.63, 3.8) is 0 Å². The standard InChI is InChI=1S/C16H18N4O2S/c1-10-18-12(9-23-10)15-19(3)16(22)11-6-4-5-7-13(11)20(15)8-14(21)17-2/h4-7,9,15H,8H2,1-3H3,(H,17,21). The number of thiazole rings is 1. The van der Waals surface area contributed by atoms with E-state index in [1.807, 2.05) is 35.4 Å². The molecule has 1 N–H and O–H groups in total. The molecular formula is C16H18N4O2S. The van der Waals surface area contributed by atoms with Gasteiger partial charge in [-0.1, -0.05) is 12.1 Å². The van der Waals surface area contributed by atoms with Crippen molar-refractivity contribution in [1.29, 1.82) is 0 Å². The van der Waals surface area contributed by atoms with Gasteiger partial charge in [0.05, 0.1) is 28.5 Å². The van der Waals surface area contributed by atoms with Gasteiger partial charge in [-0.25, -0.2) is 4.98 Å². The van der Waals surface area contributed by atoms with Crippen LogP contribution in [0, 0.1) is 6.92 Å². The number of carbonyl (C=O) groups is 2. The van der Waals surface area contributed by atoms with Gasteiger partial charge in [-0.15, -0.1) is 11.3 Å². The Balaban J connectivity index is 2.12. The van der Waals surface area contributed by atoms with E-state index in [2.05, 4.69) is 10.3 Å². The Bertz CT molecular complexity index is 758. The lowest BCUT2D eigenvalue weighted by Gasteiger charge is -2.42. The summed E-state index contributed by atoms with van der Waals surface area (Å²) in [5, 5.41) is 5.51. The van der Waals surface area contributed by atoms with Crippen molar-refractivity contribution in [3.05, 3.63) is 45.9 Å². The highest BCUT2D eigenvalue weighted by atomic mass is 32.1. The summed E-state index contributed by atoms with van der Waals surface area (Å²) in [4.78, 5) is 32.8. The smallest absolute Gasteiger partial charge is 0.257 e. The number of carbonyl (C=O) groups excluding carboxylic acids is 2. The number of hydrogen-bond acceptors (Lipinski definition) is 5. The van der Waals surface area contributed by atoms with Crippen LogP contribution in [0.3, 0.4) is 0 Å². The molecule has 1 atom stereocenters. The van der Waals surface area contributed by atoms with Gasteiger partial charge in [-0.2, -0.15) is 0 Å². The maximum absolute atomic E-state index is 12.7. The summed E-state index contributed by atoms with van der Waals surface area (Å²) in [5.41, 5.74) is 2.14. The van der Waals surface area contributed by atoms with Crippen LogP contribution in [0.25, 0.3) is 0 Å². The number of para-hydroxylation sites is 1. The Morgan fingerprint density at radius 2 is 2.13 bits per heavy atom. The minimum atomic E-state index is -0.389. The van der Waals surface area contributed by atoms with E-state index >= 15 is 0 Å². The number of hydrogen-bond donors (Lipinski definition) is 1. The zero-order chi connectivity index (χ0) is 16.6. The molecule has 1 aromatic carbocycles. The van der Waals surface area contributed by atoms with Crippen molar-refractivity contribution < 1.29 is 9.59 Å². The fraction of sp³-hybridized carbons (Fsp3) is 0.312. The van der Waals surface area contributed by atoms with Gasteiger partial charge in [0.25, 0.3) is 5.91 Å². The van der Waals surface area contributed by atoms with Crippen LogP contribution in [0.4, 0.5) is 5.69 Å². The fourth-order valence-corrected chi connectivity index (χ4v) is 3.43. The summed E-state index contributed by atoms with van der Waals surface area (Å²) >= 11 is 1.53. The first-order valence-corrected chi connectivity index (χ1v) is 8.16. The highest BCUT2D eigenvalue weighted by Gasteiger charge is 2.38. The van der Waals surface area contributed by atoms with E-state index < -0.39 is 0 Å². The van der Waals surface area contributed by atoms with Crippen LogP contribution < -0.4 is 10.2 Å². The average molecular weight is 330 g/mol. The molecule has 1 aliphatic heterocycles. The molecule has 23 heavy (non-hydrogen) atoms. The normalized spacial score (nSPS) is 17.2. The van der Waals surface area contributed by atoms with Crippen LogP contribution in [-0.4, -0.2) is 42.3 Å². The number of fused-ring (bicyclic) bond motifs is 1. The average Bonchev–Trinajstić information content (AvgIpc) is 2.98. The maximum atomic E-state index is 12.7. The molecule has 6 nitrogen and oxygen atoms in total. The van der Waals surface area contributed by atoms with E-state index in [-0.39, 0.29) is 24.5 Å². The molecule has 0 bridgehead atoms. The lowest BCUT2D eigenvalue weighted by atomic mass is 10.0. The number of amides is 2. The molecule has 2 heterocycles. The molecule has 2 amide bonds. The first-order valence-electron chi connectivity index (χ1n) is 7.28. The molecule has 0 spiro atoms. The molecule has 1 aliphatic rings. The van der Waals surface area contributed by atoms with Gasteiger partial charge in [-0.05, 0) is 19.1 Å². The Kier molecular flexibility index (Phi) is 4.04. The number of likely N-dealkylation sites (N-methyl/N-ethyl adjacent to an activating group) is 1. The van der Waals surface area contributed by atoms with Gasteiger partial charge in [0.2, 0.25) is 5.91 Å². The predicted octanol–water partition coefficient (Wildman–Crippen LogP) is 1.79. The van der Waals surface area contributed by atoms with Crippen molar-refractivity contribution >= 4 is 28.8 Å². The van der Waals surface area contributed by atoms with E-state index in [9.17, 15) is 9.59 Å². The topological polar surface area (TPSA) is 65.5 Å². The minimum Gasteiger partial charge on any atom is -0.358 e. The van der Waals surface area contributed by atoms with Crippen LogP contribution in [-0.2, 0) is 4.79 Å². The molecule has 3 rings (SSSR count). The second kappa shape index (κ2) is 6.00. The first-order chi connectivity index (χ1) is 11.0. The lowest BCUT2D eigenvalue weighted by Crippen LogP contribution is -2.50. The van der Waals surface area contributed by atoms with E-state index in [0.29, 0.717) is 5.56 Å². The summed E-state index contributed by atoms with van der Waals surface area (Å²) in [6.45, 7) is 2.09. The first kappa shape index (κ1) is 15.5.